The van der Waals surface area contributed by atoms with Gasteiger partial charge in [-0.2, -0.15) is 0 Å². The summed E-state index contributed by atoms with van der Waals surface area (Å²) in [5, 5.41) is 38.8. The van der Waals surface area contributed by atoms with E-state index in [0.29, 0.717) is 17.2 Å². The Morgan fingerprint density at radius 2 is 0.936 bits per heavy atom. The van der Waals surface area contributed by atoms with Gasteiger partial charge in [0.05, 0.1) is 45.8 Å². The van der Waals surface area contributed by atoms with Crippen LogP contribution in [0.15, 0.2) is 91.5 Å². The summed E-state index contributed by atoms with van der Waals surface area (Å²) in [4.78, 5) is 33.7. The smallest absolute Gasteiger partial charge is 0.241 e. The first-order valence-electron chi connectivity index (χ1n) is 13.1. The molecule has 2 N–H and O–H groups in total. The molecule has 3 aromatic carbocycles. The van der Waals surface area contributed by atoms with Crippen molar-refractivity contribution in [3.63, 3.8) is 0 Å². The van der Waals surface area contributed by atoms with Gasteiger partial charge in [-0.25, -0.2) is 4.57 Å². The Morgan fingerprint density at radius 3 is 1.06 bits per heavy atom. The summed E-state index contributed by atoms with van der Waals surface area (Å²) in [6.07, 6.45) is 5.67. The maximum absolute atomic E-state index is 10.2. The van der Waals surface area contributed by atoms with Crippen LogP contribution >= 0.6 is 0 Å². The van der Waals surface area contributed by atoms with E-state index in [1.807, 2.05) is 18.7 Å². The Hall–Kier alpha value is -4.39. The summed E-state index contributed by atoms with van der Waals surface area (Å²) in [5.74, 6) is -1.62. The number of aromatic carboxylic acids is 3. The van der Waals surface area contributed by atoms with E-state index >= 15 is 0 Å². The number of benzene rings is 3. The van der Waals surface area contributed by atoms with Crippen molar-refractivity contribution >= 4 is 17.9 Å². The summed E-state index contributed by atoms with van der Waals surface area (Å²) in [6.45, 7) is 6.59. The second-order valence-corrected chi connectivity index (χ2v) is 8.58. The monoisotopic (exact) mass is 880 g/mol. The van der Waals surface area contributed by atoms with Crippen molar-refractivity contribution in [3.05, 3.63) is 108 Å². The van der Waals surface area contributed by atoms with Gasteiger partial charge in [0.15, 0.2) is 0 Å². The largest absolute Gasteiger partial charge is 2.00 e. The van der Waals surface area contributed by atoms with Crippen molar-refractivity contribution in [2.75, 3.05) is 21.3 Å². The van der Waals surface area contributed by atoms with E-state index in [0.717, 1.165) is 6.54 Å². The summed E-state index contributed by atoms with van der Waals surface area (Å²) >= 11 is 0. The maximum Gasteiger partial charge on any atom is 0.241 e. The van der Waals surface area contributed by atoms with Crippen LogP contribution in [0.2, 0.25) is 0 Å². The van der Waals surface area contributed by atoms with Crippen molar-refractivity contribution in [2.24, 2.45) is 0 Å². The summed E-state index contributed by atoms with van der Waals surface area (Å²) in [5.41, 5.74) is 0.474. The van der Waals surface area contributed by atoms with Gasteiger partial charge in [-0.1, -0.05) is 0 Å². The van der Waals surface area contributed by atoms with Gasteiger partial charge >= 0.3 is 0 Å². The number of hydrogen-bond donors (Lipinski definition) is 2. The quantitative estimate of drug-likeness (QED) is 0.246. The van der Waals surface area contributed by atoms with Gasteiger partial charge in [0.1, 0.15) is 29.6 Å². The third-order valence-electron chi connectivity index (χ3n) is 4.94. The molecule has 1 heterocycles. The summed E-state index contributed by atoms with van der Waals surface area (Å²) < 4.78 is 16.6. The number of rotatable bonds is 7. The zero-order valence-electron chi connectivity index (χ0n) is 26.8. The molecule has 258 valence electrons. The molecule has 0 saturated heterocycles. The molecule has 0 unspecified atom stereocenters. The number of aromatic amines is 1. The number of carboxylic acid groups (broad SMARTS) is 3. The first kappa shape index (κ1) is 49.5. The molecule has 1 aromatic heterocycles. The van der Waals surface area contributed by atoms with Gasteiger partial charge in [0.2, 0.25) is 6.33 Å². The fraction of sp³-hybridized carbons (Fsp3) is 0.250. The molecule has 0 amide bonds. The minimum Gasteiger partial charge on any atom is -2.00 e. The number of hydrogen-bond acceptors (Lipinski definition) is 10. The molecule has 0 atom stereocenters. The van der Waals surface area contributed by atoms with Gasteiger partial charge in [-0.05, 0) is 110 Å². The normalized spacial score (nSPS) is 8.60. The van der Waals surface area contributed by atoms with Gasteiger partial charge in [0.25, 0.3) is 0 Å². The van der Waals surface area contributed by atoms with Crippen LogP contribution in [0.5, 0.6) is 17.2 Å². The van der Waals surface area contributed by atoms with E-state index in [1.54, 1.807) is 50.2 Å². The van der Waals surface area contributed by atoms with E-state index in [2.05, 4.69) is 16.5 Å². The van der Waals surface area contributed by atoms with E-state index in [4.69, 9.17) is 19.3 Å². The van der Waals surface area contributed by atoms with E-state index < -0.39 is 17.9 Å². The number of aryl methyl sites for hydroxylation is 1. The number of carbonyl (C=O) groups excluding carboxylic acids is 3. The molecule has 0 aliphatic heterocycles. The number of imidazole rings is 1. The van der Waals surface area contributed by atoms with Crippen LogP contribution in [0, 0.1) is 31.1 Å². The molecule has 0 spiro atoms. The molecule has 0 aliphatic rings. The first-order valence-corrected chi connectivity index (χ1v) is 13.1. The predicted molar refractivity (Wildman–Crippen MR) is 157 cm³/mol. The summed E-state index contributed by atoms with van der Waals surface area (Å²) in [6, 6.07) is 18.1. The van der Waals surface area contributed by atoms with Crippen LogP contribution in [0.25, 0.3) is 0 Å². The first-order chi connectivity index (χ1) is 20.9. The minimum absolute atomic E-state index is 0. The van der Waals surface area contributed by atoms with Crippen LogP contribution < -0.4 is 34.1 Å². The minimum atomic E-state index is -1.17. The predicted octanol–water partition coefficient (Wildman–Crippen LogP) is 0.648. The van der Waals surface area contributed by atoms with Gasteiger partial charge < -0.3 is 60.0 Å². The Balaban J connectivity index is -0.000000250. The molecule has 14 nitrogen and oxygen atoms in total. The van der Waals surface area contributed by atoms with E-state index in [1.165, 1.54) is 57.7 Å². The second-order valence-electron chi connectivity index (χ2n) is 8.58. The molecule has 0 bridgehead atoms. The standard InChI is InChI=1S/3C8H8O3.C5H8N2.C3H8O.2O.U/c3*1-11-7-4-2-6(3-5-7)8(9)10;1-2-7-4-3-6-5-7;1-3(2)4;;;/h3*2-5H,1H3,(H,9,10);3-5H,2H2,1H3;3-4H,1-2H3;;;/q;;;;;2*-2;/p-2. The molecule has 47 heavy (non-hydrogen) atoms. The van der Waals surface area contributed by atoms with Crippen molar-refractivity contribution in [1.29, 1.82) is 0 Å². The average Bonchev–Trinajstić information content (AvgIpc) is 3.56. The van der Waals surface area contributed by atoms with Crippen LogP contribution in [0.3, 0.4) is 0 Å². The Bertz CT molecular complexity index is 1210. The topological polar surface area (TPSA) is 245 Å². The molecule has 4 aromatic rings. The Labute approximate surface area is 297 Å². The number of nitrogens with zero attached hydrogens (tertiary/aromatic N) is 1. The van der Waals surface area contributed by atoms with Crippen LogP contribution in [0.4, 0.5) is 0 Å². The second kappa shape index (κ2) is 29.0. The molecule has 4 rings (SSSR count). The zero-order chi connectivity index (χ0) is 33.5. The maximum atomic E-state index is 10.2. The van der Waals surface area contributed by atoms with Crippen molar-refractivity contribution in [3.8, 4) is 17.2 Å². The third-order valence-corrected chi connectivity index (χ3v) is 4.94. The molecule has 0 radical (unpaired) electrons. The van der Waals surface area contributed by atoms with Gasteiger partial charge in [0, 0.05) is 37.2 Å². The van der Waals surface area contributed by atoms with E-state index in [-0.39, 0.29) is 64.9 Å². The molecular formula is C32H38N2O12U-6. The number of methoxy groups -OCH3 is 3. The number of aliphatic hydroxyl groups is 1. The number of H-pyrrole nitrogens is 1. The molecule has 0 aliphatic carbocycles. The summed E-state index contributed by atoms with van der Waals surface area (Å²) in [7, 11) is 4.57. The molecule has 0 saturated carbocycles. The van der Waals surface area contributed by atoms with Crippen molar-refractivity contribution < 1.29 is 95.7 Å². The fourth-order valence-corrected chi connectivity index (χ4v) is 2.70. The number of nitrogens with one attached hydrogen (secondary N) is 1. The fourth-order valence-electron chi connectivity index (χ4n) is 2.70. The van der Waals surface area contributed by atoms with Crippen LogP contribution in [-0.2, 0) is 17.5 Å². The zero-order valence-corrected chi connectivity index (χ0v) is 31.0. The third kappa shape index (κ3) is 23.6. The SMILES string of the molecule is CC(C)O.CC[n+]1cc[nH]c1.COc1ccc(C(=O)[O-])cc1.COc1ccc(C(=O)[O-])cc1.COc1ccc(C(=O)[O-])cc1.[O-2].[O-2].[U]. The number of aliphatic hydroxyl groups excluding tert-OH is 1. The Kier molecular flexibility index (Phi) is 30.6. The average molecular weight is 881 g/mol. The van der Waals surface area contributed by atoms with Gasteiger partial charge in [-0.3, -0.25) is 4.98 Å². The van der Waals surface area contributed by atoms with E-state index in [9.17, 15) is 29.7 Å². The number of carbonyl (C=O) groups is 3. The molecular weight excluding hydrogens is 842 g/mol. The number of aromatic nitrogens is 2. The van der Waals surface area contributed by atoms with Gasteiger partial charge in [-0.15, -0.1) is 0 Å². The molecule has 0 fully saturated rings. The van der Waals surface area contributed by atoms with Crippen LogP contribution in [0.1, 0.15) is 51.8 Å². The van der Waals surface area contributed by atoms with Crippen molar-refractivity contribution in [2.45, 2.75) is 33.4 Å². The number of ether oxygens (including phenoxy) is 3. The Morgan fingerprint density at radius 1 is 0.681 bits per heavy atom. The molecule has 15 heteroatoms. The van der Waals surface area contributed by atoms with Crippen molar-refractivity contribution in [1.82, 2.24) is 4.98 Å². The number of carboxylic acids is 3. The van der Waals surface area contributed by atoms with Crippen LogP contribution in [-0.4, -0.2) is 55.4 Å².